The molecule has 0 aliphatic heterocycles. The van der Waals surface area contributed by atoms with Crippen LogP contribution in [0.5, 0.6) is 0 Å². The minimum atomic E-state index is 0.337. The minimum Gasteiger partial charge on any atom is -0.310 e. The van der Waals surface area contributed by atoms with E-state index in [-0.39, 0.29) is 0 Å². The van der Waals surface area contributed by atoms with Crippen molar-refractivity contribution in [2.24, 2.45) is 0 Å². The van der Waals surface area contributed by atoms with Gasteiger partial charge in [-0.05, 0) is 44.0 Å². The SMILES string of the molecule is CCCNC(Cc1ncccc1C)c1ccc(C)cc1. The van der Waals surface area contributed by atoms with Gasteiger partial charge in [0.1, 0.15) is 0 Å². The molecule has 0 saturated carbocycles. The Hall–Kier alpha value is -1.67. The largest absolute Gasteiger partial charge is 0.310 e. The third-order valence-corrected chi connectivity index (χ3v) is 3.64. The van der Waals surface area contributed by atoms with Crippen LogP contribution in [-0.4, -0.2) is 11.5 Å². The summed E-state index contributed by atoms with van der Waals surface area (Å²) in [6.07, 6.45) is 3.97. The molecule has 2 aromatic rings. The van der Waals surface area contributed by atoms with Crippen molar-refractivity contribution in [2.45, 2.75) is 39.7 Å². The second kappa shape index (κ2) is 7.20. The second-order valence-electron chi connectivity index (χ2n) is 5.39. The molecule has 2 nitrogen and oxygen atoms in total. The fraction of sp³-hybridized carbons (Fsp3) is 0.389. The Kier molecular flexibility index (Phi) is 5.31. The van der Waals surface area contributed by atoms with Gasteiger partial charge in [-0.1, -0.05) is 42.8 Å². The summed E-state index contributed by atoms with van der Waals surface area (Å²) < 4.78 is 0. The van der Waals surface area contributed by atoms with E-state index in [9.17, 15) is 0 Å². The average Bonchev–Trinajstić information content (AvgIpc) is 2.46. The molecule has 1 heterocycles. The molecule has 1 atom stereocenters. The zero-order valence-electron chi connectivity index (χ0n) is 12.7. The molecular weight excluding hydrogens is 244 g/mol. The van der Waals surface area contributed by atoms with Gasteiger partial charge < -0.3 is 5.32 Å². The summed E-state index contributed by atoms with van der Waals surface area (Å²) >= 11 is 0. The third-order valence-electron chi connectivity index (χ3n) is 3.64. The van der Waals surface area contributed by atoms with E-state index < -0.39 is 0 Å². The highest BCUT2D eigenvalue weighted by atomic mass is 14.9. The average molecular weight is 268 g/mol. The Labute approximate surface area is 122 Å². The highest BCUT2D eigenvalue weighted by molar-refractivity contribution is 5.27. The number of benzene rings is 1. The lowest BCUT2D eigenvalue weighted by atomic mass is 9.98. The Balaban J connectivity index is 2.19. The molecule has 0 saturated heterocycles. The summed E-state index contributed by atoms with van der Waals surface area (Å²) in [7, 11) is 0. The molecule has 1 aromatic heterocycles. The van der Waals surface area contributed by atoms with E-state index in [0.717, 1.165) is 19.4 Å². The molecule has 0 fully saturated rings. The molecule has 0 radical (unpaired) electrons. The highest BCUT2D eigenvalue weighted by Gasteiger charge is 2.13. The van der Waals surface area contributed by atoms with E-state index in [1.54, 1.807) is 0 Å². The summed E-state index contributed by atoms with van der Waals surface area (Å²) in [6.45, 7) is 7.49. The third kappa shape index (κ3) is 3.91. The van der Waals surface area contributed by atoms with Crippen LogP contribution in [0.15, 0.2) is 42.6 Å². The second-order valence-corrected chi connectivity index (χ2v) is 5.39. The maximum Gasteiger partial charge on any atom is 0.0451 e. The Morgan fingerprint density at radius 3 is 2.50 bits per heavy atom. The Bertz CT molecular complexity index is 531. The maximum atomic E-state index is 4.53. The predicted octanol–water partition coefficient (Wildman–Crippen LogP) is 3.98. The number of hydrogen-bond acceptors (Lipinski definition) is 2. The van der Waals surface area contributed by atoms with Crippen LogP contribution in [0.1, 0.15) is 41.8 Å². The van der Waals surface area contributed by atoms with Gasteiger partial charge in [0.2, 0.25) is 0 Å². The van der Waals surface area contributed by atoms with Crippen LogP contribution in [0.2, 0.25) is 0 Å². The molecule has 0 amide bonds. The van der Waals surface area contributed by atoms with Crippen LogP contribution >= 0.6 is 0 Å². The van der Waals surface area contributed by atoms with Crippen molar-refractivity contribution in [3.63, 3.8) is 0 Å². The Morgan fingerprint density at radius 2 is 1.85 bits per heavy atom. The first-order valence-corrected chi connectivity index (χ1v) is 7.41. The molecule has 1 unspecified atom stereocenters. The predicted molar refractivity (Wildman–Crippen MR) is 84.9 cm³/mol. The van der Waals surface area contributed by atoms with E-state index in [0.29, 0.717) is 6.04 Å². The lowest BCUT2D eigenvalue weighted by molar-refractivity contribution is 0.523. The zero-order valence-corrected chi connectivity index (χ0v) is 12.7. The van der Waals surface area contributed by atoms with Crippen LogP contribution in [0, 0.1) is 13.8 Å². The van der Waals surface area contributed by atoms with Gasteiger partial charge in [-0.25, -0.2) is 0 Å². The Morgan fingerprint density at radius 1 is 1.10 bits per heavy atom. The van der Waals surface area contributed by atoms with Crippen LogP contribution < -0.4 is 5.32 Å². The van der Waals surface area contributed by atoms with Gasteiger partial charge in [0.05, 0.1) is 0 Å². The van der Waals surface area contributed by atoms with E-state index in [4.69, 9.17) is 0 Å². The van der Waals surface area contributed by atoms with Gasteiger partial charge >= 0.3 is 0 Å². The lowest BCUT2D eigenvalue weighted by Crippen LogP contribution is -2.24. The van der Waals surface area contributed by atoms with E-state index in [2.05, 4.69) is 61.4 Å². The zero-order chi connectivity index (χ0) is 14.4. The summed E-state index contributed by atoms with van der Waals surface area (Å²) in [5.41, 5.74) is 5.09. The number of aromatic nitrogens is 1. The monoisotopic (exact) mass is 268 g/mol. The van der Waals surface area contributed by atoms with Crippen molar-refractivity contribution in [3.05, 3.63) is 65.0 Å². The van der Waals surface area contributed by atoms with Crippen molar-refractivity contribution < 1.29 is 0 Å². The van der Waals surface area contributed by atoms with Crippen LogP contribution in [0.25, 0.3) is 0 Å². The molecule has 1 aromatic carbocycles. The summed E-state index contributed by atoms with van der Waals surface area (Å²) in [5, 5.41) is 3.64. The number of aryl methyl sites for hydroxylation is 2. The van der Waals surface area contributed by atoms with Gasteiger partial charge in [0.15, 0.2) is 0 Å². The topological polar surface area (TPSA) is 24.9 Å². The first-order valence-electron chi connectivity index (χ1n) is 7.41. The normalized spacial score (nSPS) is 12.3. The number of rotatable bonds is 6. The summed E-state index contributed by atoms with van der Waals surface area (Å²) in [4.78, 5) is 4.53. The van der Waals surface area contributed by atoms with Crippen LogP contribution in [0.3, 0.4) is 0 Å². The summed E-state index contributed by atoms with van der Waals surface area (Å²) in [5.74, 6) is 0. The molecule has 106 valence electrons. The minimum absolute atomic E-state index is 0.337. The molecule has 0 aliphatic carbocycles. The van der Waals surface area contributed by atoms with Crippen LogP contribution in [0.4, 0.5) is 0 Å². The van der Waals surface area contributed by atoms with Crippen molar-refractivity contribution in [1.82, 2.24) is 10.3 Å². The van der Waals surface area contributed by atoms with Gasteiger partial charge in [-0.15, -0.1) is 0 Å². The van der Waals surface area contributed by atoms with Gasteiger partial charge in [-0.2, -0.15) is 0 Å². The summed E-state index contributed by atoms with van der Waals surface area (Å²) in [6, 6.07) is 13.3. The molecular formula is C18H24N2. The highest BCUT2D eigenvalue weighted by Crippen LogP contribution is 2.19. The van der Waals surface area contributed by atoms with E-state index in [1.165, 1.54) is 22.4 Å². The van der Waals surface area contributed by atoms with E-state index in [1.807, 2.05) is 12.3 Å². The molecule has 0 bridgehead atoms. The molecule has 0 spiro atoms. The first-order chi connectivity index (χ1) is 9.70. The molecule has 20 heavy (non-hydrogen) atoms. The lowest BCUT2D eigenvalue weighted by Gasteiger charge is -2.20. The van der Waals surface area contributed by atoms with Crippen molar-refractivity contribution in [2.75, 3.05) is 6.54 Å². The van der Waals surface area contributed by atoms with Crippen molar-refractivity contribution in [3.8, 4) is 0 Å². The number of nitrogens with zero attached hydrogens (tertiary/aromatic N) is 1. The molecule has 2 heteroatoms. The molecule has 0 aliphatic rings. The molecule has 1 N–H and O–H groups in total. The smallest absolute Gasteiger partial charge is 0.0451 e. The molecule has 2 rings (SSSR count). The number of nitrogens with one attached hydrogen (secondary N) is 1. The maximum absolute atomic E-state index is 4.53. The van der Waals surface area contributed by atoms with Crippen molar-refractivity contribution >= 4 is 0 Å². The standard InChI is InChI=1S/C18H24N2/c1-4-11-19-18(16-9-7-14(2)8-10-16)13-17-15(3)6-5-12-20-17/h5-10,12,18-19H,4,11,13H2,1-3H3. The quantitative estimate of drug-likeness (QED) is 0.857. The fourth-order valence-electron chi connectivity index (χ4n) is 2.35. The number of hydrogen-bond donors (Lipinski definition) is 1. The van der Waals surface area contributed by atoms with E-state index >= 15 is 0 Å². The van der Waals surface area contributed by atoms with Gasteiger partial charge in [0, 0.05) is 24.4 Å². The first kappa shape index (κ1) is 14.7. The number of pyridine rings is 1. The van der Waals surface area contributed by atoms with Crippen molar-refractivity contribution in [1.29, 1.82) is 0 Å². The van der Waals surface area contributed by atoms with Gasteiger partial charge in [-0.3, -0.25) is 4.98 Å². The van der Waals surface area contributed by atoms with Gasteiger partial charge in [0.25, 0.3) is 0 Å². The van der Waals surface area contributed by atoms with Crippen LogP contribution in [-0.2, 0) is 6.42 Å². The fourth-order valence-corrected chi connectivity index (χ4v) is 2.35.